The molecular weight excluding hydrogens is 212 g/mol. The molecule has 0 saturated carbocycles. The fraction of sp³-hybridized carbons (Fsp3) is 0.538. The van der Waals surface area contributed by atoms with Crippen LogP contribution in [0.15, 0.2) is 18.3 Å². The maximum Gasteiger partial charge on any atom is 0.163 e. The van der Waals surface area contributed by atoms with E-state index in [9.17, 15) is 0 Å². The van der Waals surface area contributed by atoms with E-state index in [1.165, 1.54) is 13.0 Å². The van der Waals surface area contributed by atoms with Crippen LogP contribution in [-0.2, 0) is 0 Å². The summed E-state index contributed by atoms with van der Waals surface area (Å²) in [6.45, 7) is 3.31. The van der Waals surface area contributed by atoms with Gasteiger partial charge in [-0.15, -0.1) is 0 Å². The highest BCUT2D eigenvalue weighted by molar-refractivity contribution is 5.55. The van der Waals surface area contributed by atoms with Crippen LogP contribution in [0.1, 0.15) is 12.1 Å². The van der Waals surface area contributed by atoms with Crippen molar-refractivity contribution in [2.45, 2.75) is 6.42 Å². The van der Waals surface area contributed by atoms with Crippen molar-refractivity contribution in [2.24, 2.45) is 5.92 Å². The largest absolute Gasteiger partial charge is 0.372 e. The first kappa shape index (κ1) is 11.9. The number of nitriles is 1. The third-order valence-electron chi connectivity index (χ3n) is 3.32. The zero-order chi connectivity index (χ0) is 12.3. The number of hydrogen-bond donors (Lipinski definition) is 0. The molecule has 90 valence electrons. The van der Waals surface area contributed by atoms with Crippen LogP contribution < -0.4 is 4.90 Å². The lowest BCUT2D eigenvalue weighted by atomic mass is 10.1. The van der Waals surface area contributed by atoms with E-state index in [1.54, 1.807) is 6.20 Å². The van der Waals surface area contributed by atoms with Crippen molar-refractivity contribution in [3.63, 3.8) is 0 Å². The van der Waals surface area contributed by atoms with E-state index in [1.807, 2.05) is 19.2 Å². The molecule has 4 heteroatoms. The molecule has 0 aromatic carbocycles. The van der Waals surface area contributed by atoms with Crippen molar-refractivity contribution >= 4 is 5.69 Å². The first-order valence-electron chi connectivity index (χ1n) is 5.95. The van der Waals surface area contributed by atoms with Gasteiger partial charge in [-0.25, -0.2) is 4.98 Å². The standard InChI is InChI=1S/C13H18N4/c1-16-7-5-11(9-16)10-17(2)13-4-3-6-15-12(13)8-14/h3-4,6,11H,5,7,9-10H2,1-2H3. The molecule has 1 fully saturated rings. The average Bonchev–Trinajstić information content (AvgIpc) is 2.74. The highest BCUT2D eigenvalue weighted by atomic mass is 15.2. The molecule has 0 amide bonds. The number of anilines is 1. The lowest BCUT2D eigenvalue weighted by Crippen LogP contribution is -2.27. The van der Waals surface area contributed by atoms with Crippen LogP contribution >= 0.6 is 0 Å². The zero-order valence-corrected chi connectivity index (χ0v) is 10.4. The summed E-state index contributed by atoms with van der Waals surface area (Å²) in [7, 11) is 4.20. The SMILES string of the molecule is CN1CCC(CN(C)c2cccnc2C#N)C1. The number of hydrogen-bond acceptors (Lipinski definition) is 4. The molecular formula is C13H18N4. The van der Waals surface area contributed by atoms with E-state index in [-0.39, 0.29) is 0 Å². The highest BCUT2D eigenvalue weighted by Gasteiger charge is 2.21. The Morgan fingerprint density at radius 2 is 2.47 bits per heavy atom. The second-order valence-corrected chi connectivity index (χ2v) is 4.78. The first-order chi connectivity index (χ1) is 8.20. The normalized spacial score (nSPS) is 20.2. The summed E-state index contributed by atoms with van der Waals surface area (Å²) in [6, 6.07) is 5.99. The second-order valence-electron chi connectivity index (χ2n) is 4.78. The summed E-state index contributed by atoms with van der Waals surface area (Å²) in [5.74, 6) is 0.691. The van der Waals surface area contributed by atoms with Gasteiger partial charge in [0.05, 0.1) is 5.69 Å². The van der Waals surface area contributed by atoms with Crippen LogP contribution in [0.3, 0.4) is 0 Å². The molecule has 1 unspecified atom stereocenters. The molecule has 2 rings (SSSR count). The molecule has 1 aromatic rings. The first-order valence-corrected chi connectivity index (χ1v) is 5.95. The van der Waals surface area contributed by atoms with Crippen molar-refractivity contribution in [3.8, 4) is 6.07 Å². The van der Waals surface area contributed by atoms with Crippen molar-refractivity contribution in [2.75, 3.05) is 38.6 Å². The number of likely N-dealkylation sites (tertiary alicyclic amines) is 1. The summed E-state index contributed by atoms with van der Waals surface area (Å²) in [6.07, 6.45) is 2.90. The third kappa shape index (κ3) is 2.75. The third-order valence-corrected chi connectivity index (χ3v) is 3.32. The molecule has 1 aliphatic rings. The van der Waals surface area contributed by atoms with Crippen LogP contribution in [-0.4, -0.2) is 43.6 Å². The van der Waals surface area contributed by atoms with Crippen LogP contribution in [0.2, 0.25) is 0 Å². The fourth-order valence-electron chi connectivity index (χ4n) is 2.45. The molecule has 17 heavy (non-hydrogen) atoms. The van der Waals surface area contributed by atoms with Crippen LogP contribution in [0.5, 0.6) is 0 Å². The maximum absolute atomic E-state index is 9.02. The Balaban J connectivity index is 2.04. The predicted molar refractivity (Wildman–Crippen MR) is 67.8 cm³/mol. The topological polar surface area (TPSA) is 43.2 Å². The molecule has 0 N–H and O–H groups in total. The predicted octanol–water partition coefficient (Wildman–Crippen LogP) is 1.34. The summed E-state index contributed by atoms with van der Waals surface area (Å²) in [5.41, 5.74) is 1.45. The molecule has 4 nitrogen and oxygen atoms in total. The van der Waals surface area contributed by atoms with Gasteiger partial charge >= 0.3 is 0 Å². The Hall–Kier alpha value is -1.60. The molecule has 0 aliphatic carbocycles. The lowest BCUT2D eigenvalue weighted by Gasteiger charge is -2.23. The summed E-state index contributed by atoms with van der Waals surface area (Å²) in [5, 5.41) is 9.02. The Bertz CT molecular complexity index is 424. The smallest absolute Gasteiger partial charge is 0.163 e. The summed E-state index contributed by atoms with van der Waals surface area (Å²) >= 11 is 0. The molecule has 0 spiro atoms. The number of aromatic nitrogens is 1. The summed E-state index contributed by atoms with van der Waals surface area (Å²) in [4.78, 5) is 8.60. The van der Waals surface area contributed by atoms with Gasteiger partial charge in [-0.05, 0) is 38.1 Å². The molecule has 1 aromatic heterocycles. The average molecular weight is 230 g/mol. The summed E-state index contributed by atoms with van der Waals surface area (Å²) < 4.78 is 0. The molecule has 1 atom stereocenters. The monoisotopic (exact) mass is 230 g/mol. The van der Waals surface area contributed by atoms with Crippen molar-refractivity contribution in [1.82, 2.24) is 9.88 Å². The van der Waals surface area contributed by atoms with Gasteiger partial charge in [-0.1, -0.05) is 0 Å². The van der Waals surface area contributed by atoms with Crippen molar-refractivity contribution in [3.05, 3.63) is 24.0 Å². The molecule has 0 radical (unpaired) electrons. The Kier molecular flexibility index (Phi) is 3.60. The minimum atomic E-state index is 0.515. The van der Waals surface area contributed by atoms with Crippen LogP contribution in [0.25, 0.3) is 0 Å². The molecule has 1 saturated heterocycles. The second kappa shape index (κ2) is 5.15. The minimum Gasteiger partial charge on any atom is -0.372 e. The Morgan fingerprint density at radius 3 is 3.12 bits per heavy atom. The van der Waals surface area contributed by atoms with Gasteiger partial charge in [0.15, 0.2) is 5.69 Å². The molecule has 2 heterocycles. The number of nitrogens with zero attached hydrogens (tertiary/aromatic N) is 4. The quantitative estimate of drug-likeness (QED) is 0.786. The van der Waals surface area contributed by atoms with Crippen molar-refractivity contribution in [1.29, 1.82) is 5.26 Å². The van der Waals surface area contributed by atoms with Gasteiger partial charge in [0.25, 0.3) is 0 Å². The van der Waals surface area contributed by atoms with Crippen LogP contribution in [0, 0.1) is 17.2 Å². The van der Waals surface area contributed by atoms with Gasteiger partial charge in [0.1, 0.15) is 6.07 Å². The minimum absolute atomic E-state index is 0.515. The zero-order valence-electron chi connectivity index (χ0n) is 10.4. The maximum atomic E-state index is 9.02. The lowest BCUT2D eigenvalue weighted by molar-refractivity contribution is 0.396. The van der Waals surface area contributed by atoms with Gasteiger partial charge < -0.3 is 9.80 Å². The van der Waals surface area contributed by atoms with Crippen molar-refractivity contribution < 1.29 is 0 Å². The molecule has 0 bridgehead atoms. The Labute approximate surface area is 102 Å². The van der Waals surface area contributed by atoms with Gasteiger partial charge in [0, 0.05) is 26.3 Å². The number of pyridine rings is 1. The van der Waals surface area contributed by atoms with E-state index in [2.05, 4.69) is 27.9 Å². The van der Waals surface area contributed by atoms with E-state index in [0.29, 0.717) is 11.6 Å². The van der Waals surface area contributed by atoms with Crippen LogP contribution in [0.4, 0.5) is 5.69 Å². The highest BCUT2D eigenvalue weighted by Crippen LogP contribution is 2.21. The van der Waals surface area contributed by atoms with E-state index in [0.717, 1.165) is 18.8 Å². The van der Waals surface area contributed by atoms with E-state index >= 15 is 0 Å². The van der Waals surface area contributed by atoms with Gasteiger partial charge in [-0.3, -0.25) is 0 Å². The fourth-order valence-corrected chi connectivity index (χ4v) is 2.45. The van der Waals surface area contributed by atoms with Gasteiger partial charge in [-0.2, -0.15) is 5.26 Å². The Morgan fingerprint density at radius 1 is 1.65 bits per heavy atom. The van der Waals surface area contributed by atoms with E-state index in [4.69, 9.17) is 5.26 Å². The molecule has 1 aliphatic heterocycles. The van der Waals surface area contributed by atoms with E-state index < -0.39 is 0 Å². The van der Waals surface area contributed by atoms with Gasteiger partial charge in [0.2, 0.25) is 0 Å². The number of rotatable bonds is 3.